The average molecular weight is 352 g/mol. The molecule has 1 aromatic carbocycles. The number of hydrogen-bond acceptors (Lipinski definition) is 7. The number of hydrogen-bond donors (Lipinski definition) is 2. The molecule has 8 nitrogen and oxygen atoms in total. The smallest absolute Gasteiger partial charge is 0.260 e. The average Bonchev–Trinajstić information content (AvgIpc) is 2.57. The number of aliphatic hydroxyl groups excluding tert-OH is 1. The predicted octanol–water partition coefficient (Wildman–Crippen LogP) is 0.448. The second-order valence-electron chi connectivity index (χ2n) is 5.22. The van der Waals surface area contributed by atoms with Crippen LogP contribution in [-0.4, -0.2) is 56.8 Å². The molecule has 0 radical (unpaired) electrons. The minimum absolute atomic E-state index is 0.00708. The third kappa shape index (κ3) is 3.95. The van der Waals surface area contributed by atoms with Crippen LogP contribution in [0.3, 0.4) is 0 Å². The molecule has 0 bridgehead atoms. The van der Waals surface area contributed by atoms with Crippen molar-refractivity contribution in [2.24, 2.45) is 4.99 Å². The van der Waals surface area contributed by atoms with Gasteiger partial charge in [0.15, 0.2) is 11.6 Å². The quantitative estimate of drug-likeness (QED) is 0.692. The van der Waals surface area contributed by atoms with Crippen molar-refractivity contribution in [3.05, 3.63) is 29.1 Å². The molecule has 1 atom stereocenters. The summed E-state index contributed by atoms with van der Waals surface area (Å²) in [5, 5.41) is 11.7. The molecule has 0 aromatic heterocycles. The van der Waals surface area contributed by atoms with Gasteiger partial charge in [0.05, 0.1) is 19.8 Å². The number of halogens is 1. The first-order chi connectivity index (χ1) is 12.1. The Bertz CT molecular complexity index is 734. The van der Waals surface area contributed by atoms with Gasteiger partial charge in [-0.2, -0.15) is 4.99 Å². The van der Waals surface area contributed by atoms with Crippen LogP contribution in [0.4, 0.5) is 4.39 Å². The van der Waals surface area contributed by atoms with Crippen molar-refractivity contribution >= 4 is 17.9 Å². The normalized spacial score (nSPS) is 18.4. The van der Waals surface area contributed by atoms with E-state index in [1.807, 2.05) is 0 Å². The summed E-state index contributed by atoms with van der Waals surface area (Å²) < 4.78 is 35.1. The SMILES string of the molecule is COCCOCCOc1cc2c(cc1F)C=C1C(=O)NC(O)N=C1O2. The van der Waals surface area contributed by atoms with Gasteiger partial charge in [-0.05, 0) is 12.1 Å². The number of nitrogens with zero attached hydrogens (tertiary/aromatic N) is 1. The molecule has 2 aliphatic rings. The van der Waals surface area contributed by atoms with Gasteiger partial charge in [-0.3, -0.25) is 4.79 Å². The van der Waals surface area contributed by atoms with Gasteiger partial charge >= 0.3 is 0 Å². The lowest BCUT2D eigenvalue weighted by Crippen LogP contribution is -2.43. The van der Waals surface area contributed by atoms with E-state index in [1.165, 1.54) is 18.2 Å². The monoisotopic (exact) mass is 352 g/mol. The first-order valence-electron chi connectivity index (χ1n) is 7.58. The summed E-state index contributed by atoms with van der Waals surface area (Å²) >= 11 is 0. The number of fused-ring (bicyclic) bond motifs is 2. The van der Waals surface area contributed by atoms with Gasteiger partial charge in [0, 0.05) is 18.7 Å². The molecule has 3 rings (SSSR count). The Morgan fingerprint density at radius 1 is 1.32 bits per heavy atom. The molecule has 0 aliphatic carbocycles. The third-order valence-electron chi connectivity index (χ3n) is 3.46. The van der Waals surface area contributed by atoms with E-state index in [1.54, 1.807) is 7.11 Å². The van der Waals surface area contributed by atoms with Crippen molar-refractivity contribution in [1.29, 1.82) is 0 Å². The number of aliphatic hydroxyl groups is 1. The maximum absolute atomic E-state index is 14.1. The summed E-state index contributed by atoms with van der Waals surface area (Å²) in [6.45, 7) is 1.33. The van der Waals surface area contributed by atoms with Gasteiger partial charge in [0.25, 0.3) is 5.91 Å². The number of ether oxygens (including phenoxy) is 4. The maximum Gasteiger partial charge on any atom is 0.260 e. The van der Waals surface area contributed by atoms with Crippen molar-refractivity contribution in [2.45, 2.75) is 6.35 Å². The van der Waals surface area contributed by atoms with Crippen molar-refractivity contribution in [3.63, 3.8) is 0 Å². The zero-order chi connectivity index (χ0) is 17.8. The Hall–Kier alpha value is -2.49. The number of amides is 1. The molecule has 0 spiro atoms. The number of aliphatic imine (C=N–C) groups is 1. The third-order valence-corrected chi connectivity index (χ3v) is 3.46. The van der Waals surface area contributed by atoms with E-state index in [2.05, 4.69) is 10.3 Å². The highest BCUT2D eigenvalue weighted by Gasteiger charge is 2.30. The second-order valence-corrected chi connectivity index (χ2v) is 5.22. The lowest BCUT2D eigenvalue weighted by atomic mass is 10.0. The molecule has 2 N–H and O–H groups in total. The molecule has 1 unspecified atom stereocenters. The van der Waals surface area contributed by atoms with Crippen LogP contribution >= 0.6 is 0 Å². The summed E-state index contributed by atoms with van der Waals surface area (Å²) in [6.07, 6.45) is 0.0705. The van der Waals surface area contributed by atoms with E-state index in [0.717, 1.165) is 0 Å². The highest BCUT2D eigenvalue weighted by Crippen LogP contribution is 2.34. The molecular formula is C16H17FN2O6. The first-order valence-corrected chi connectivity index (χ1v) is 7.58. The summed E-state index contributed by atoms with van der Waals surface area (Å²) in [7, 11) is 1.57. The summed E-state index contributed by atoms with van der Waals surface area (Å²) in [5.41, 5.74) is 0.499. The van der Waals surface area contributed by atoms with Crippen LogP contribution in [0.2, 0.25) is 0 Å². The van der Waals surface area contributed by atoms with E-state index in [9.17, 15) is 14.3 Å². The van der Waals surface area contributed by atoms with Crippen LogP contribution in [0.5, 0.6) is 11.5 Å². The van der Waals surface area contributed by atoms with Gasteiger partial charge < -0.3 is 29.4 Å². The maximum atomic E-state index is 14.1. The standard InChI is InChI=1S/C16H17FN2O6/c1-22-2-3-23-4-5-24-13-8-12-9(7-11(13)17)6-10-14(20)18-16(21)19-15(10)25-12/h6-8,16,21H,2-5H2,1H3,(H,18,20). The number of benzene rings is 1. The highest BCUT2D eigenvalue weighted by atomic mass is 19.1. The second kappa shape index (κ2) is 7.60. The minimum atomic E-state index is -1.37. The van der Waals surface area contributed by atoms with Gasteiger partial charge in [-0.1, -0.05) is 0 Å². The largest absolute Gasteiger partial charge is 0.488 e. The van der Waals surface area contributed by atoms with Crippen molar-refractivity contribution < 1.29 is 33.2 Å². The van der Waals surface area contributed by atoms with Gasteiger partial charge in [-0.25, -0.2) is 4.39 Å². The number of methoxy groups -OCH3 is 1. The molecule has 1 aromatic rings. The van der Waals surface area contributed by atoms with E-state index < -0.39 is 18.1 Å². The zero-order valence-corrected chi connectivity index (χ0v) is 13.5. The predicted molar refractivity (Wildman–Crippen MR) is 84.8 cm³/mol. The molecule has 1 amide bonds. The van der Waals surface area contributed by atoms with Crippen molar-refractivity contribution in [2.75, 3.05) is 33.5 Å². The molecule has 25 heavy (non-hydrogen) atoms. The van der Waals surface area contributed by atoms with E-state index in [-0.39, 0.29) is 36.2 Å². The lowest BCUT2D eigenvalue weighted by Gasteiger charge is -2.24. The summed E-state index contributed by atoms with van der Waals surface area (Å²) in [5.74, 6) is -0.887. The fourth-order valence-electron chi connectivity index (χ4n) is 2.29. The topological polar surface area (TPSA) is 98.6 Å². The molecular weight excluding hydrogens is 335 g/mol. The van der Waals surface area contributed by atoms with Crippen molar-refractivity contribution in [3.8, 4) is 11.5 Å². The fourth-order valence-corrected chi connectivity index (χ4v) is 2.29. The molecule has 2 heterocycles. The lowest BCUT2D eigenvalue weighted by molar-refractivity contribution is -0.120. The van der Waals surface area contributed by atoms with Crippen LogP contribution in [0.1, 0.15) is 5.56 Å². The van der Waals surface area contributed by atoms with E-state index in [0.29, 0.717) is 18.8 Å². The minimum Gasteiger partial charge on any atom is -0.488 e. The number of carbonyl (C=O) groups is 1. The Kier molecular flexibility index (Phi) is 5.27. The summed E-state index contributed by atoms with van der Waals surface area (Å²) in [4.78, 5) is 15.6. The zero-order valence-electron chi connectivity index (χ0n) is 13.5. The van der Waals surface area contributed by atoms with Crippen LogP contribution < -0.4 is 14.8 Å². The fraction of sp³-hybridized carbons (Fsp3) is 0.375. The van der Waals surface area contributed by atoms with Crippen LogP contribution in [0, 0.1) is 5.82 Å². The Morgan fingerprint density at radius 2 is 2.12 bits per heavy atom. The van der Waals surface area contributed by atoms with Gasteiger partial charge in [-0.15, -0.1) is 0 Å². The van der Waals surface area contributed by atoms with Crippen LogP contribution in [0.15, 0.2) is 22.7 Å². The number of nitrogens with one attached hydrogen (secondary N) is 1. The van der Waals surface area contributed by atoms with E-state index in [4.69, 9.17) is 18.9 Å². The molecule has 134 valence electrons. The van der Waals surface area contributed by atoms with E-state index >= 15 is 0 Å². The number of rotatable bonds is 7. The first kappa shape index (κ1) is 17.3. The van der Waals surface area contributed by atoms with Gasteiger partial charge in [0.2, 0.25) is 12.2 Å². The van der Waals surface area contributed by atoms with Crippen LogP contribution in [0.25, 0.3) is 6.08 Å². The Morgan fingerprint density at radius 3 is 2.92 bits per heavy atom. The van der Waals surface area contributed by atoms with Crippen LogP contribution in [-0.2, 0) is 14.3 Å². The van der Waals surface area contributed by atoms with Gasteiger partial charge in [0.1, 0.15) is 17.9 Å². The Labute approximate surface area is 142 Å². The molecule has 0 saturated heterocycles. The molecule has 0 fully saturated rings. The number of carbonyl (C=O) groups excluding carboxylic acids is 1. The molecule has 9 heteroatoms. The summed E-state index contributed by atoms with van der Waals surface area (Å²) in [6, 6.07) is 2.58. The Balaban J connectivity index is 1.71. The molecule has 0 saturated carbocycles. The van der Waals surface area contributed by atoms with Crippen molar-refractivity contribution in [1.82, 2.24) is 5.32 Å². The molecule has 2 aliphatic heterocycles. The highest BCUT2D eigenvalue weighted by molar-refractivity contribution is 6.24.